The van der Waals surface area contributed by atoms with Crippen LogP contribution in [0, 0.1) is 2.88 Å². The van der Waals surface area contributed by atoms with Crippen LogP contribution in [-0.4, -0.2) is 0 Å². The molecule has 0 fully saturated rings. The zero-order valence-corrected chi connectivity index (χ0v) is 13.5. The van der Waals surface area contributed by atoms with Crippen LogP contribution in [0.15, 0.2) is 36.4 Å². The Morgan fingerprint density at radius 1 is 1.32 bits per heavy atom. The van der Waals surface area contributed by atoms with Crippen molar-refractivity contribution >= 4 is 33.9 Å². The van der Waals surface area contributed by atoms with Crippen molar-refractivity contribution in [3.8, 4) is 0 Å². The summed E-state index contributed by atoms with van der Waals surface area (Å²) in [4.78, 5) is 7.20. The number of aryl methyl sites for hydroxylation is 1. The standard InChI is InChI=1S/C15H16INOS/c16-15-9-12-13(7-4-8-14(12)19-15)17-18-10-11-5-2-1-3-6-11/h1-3,5-6,9,13,17H,4,7-8,10H2. The van der Waals surface area contributed by atoms with Crippen LogP contribution in [-0.2, 0) is 17.9 Å². The van der Waals surface area contributed by atoms with E-state index in [2.05, 4.69) is 46.3 Å². The van der Waals surface area contributed by atoms with Crippen molar-refractivity contribution in [1.82, 2.24) is 5.48 Å². The molecule has 1 heterocycles. The Kier molecular flexibility index (Phi) is 4.53. The van der Waals surface area contributed by atoms with Crippen LogP contribution in [0.5, 0.6) is 0 Å². The van der Waals surface area contributed by atoms with E-state index in [9.17, 15) is 0 Å². The van der Waals surface area contributed by atoms with E-state index in [4.69, 9.17) is 4.84 Å². The summed E-state index contributed by atoms with van der Waals surface area (Å²) in [5.74, 6) is 0. The summed E-state index contributed by atoms with van der Waals surface area (Å²) in [7, 11) is 0. The van der Waals surface area contributed by atoms with E-state index in [-0.39, 0.29) is 0 Å². The quantitative estimate of drug-likeness (QED) is 0.620. The Labute approximate surface area is 131 Å². The fourth-order valence-electron chi connectivity index (χ4n) is 2.44. The third-order valence-electron chi connectivity index (χ3n) is 3.39. The van der Waals surface area contributed by atoms with Gasteiger partial charge in [-0.2, -0.15) is 5.48 Å². The summed E-state index contributed by atoms with van der Waals surface area (Å²) >= 11 is 4.32. The fourth-order valence-corrected chi connectivity index (χ4v) is 4.56. The van der Waals surface area contributed by atoms with Crippen molar-refractivity contribution < 1.29 is 4.84 Å². The van der Waals surface area contributed by atoms with Crippen molar-refractivity contribution in [1.29, 1.82) is 0 Å². The third-order valence-corrected chi connectivity index (χ3v) is 5.36. The maximum atomic E-state index is 5.68. The van der Waals surface area contributed by atoms with E-state index < -0.39 is 0 Å². The number of hydrogen-bond acceptors (Lipinski definition) is 3. The third kappa shape index (κ3) is 3.37. The minimum absolute atomic E-state index is 0.354. The smallest absolute Gasteiger partial charge is 0.0933 e. The van der Waals surface area contributed by atoms with Gasteiger partial charge in [0, 0.05) is 4.88 Å². The summed E-state index contributed by atoms with van der Waals surface area (Å²) in [6, 6.07) is 12.9. The molecule has 2 nitrogen and oxygen atoms in total. The highest BCUT2D eigenvalue weighted by molar-refractivity contribution is 14.1. The monoisotopic (exact) mass is 385 g/mol. The first-order valence-electron chi connectivity index (χ1n) is 6.52. The van der Waals surface area contributed by atoms with Gasteiger partial charge in [-0.15, -0.1) is 11.3 Å². The molecule has 1 aromatic heterocycles. The molecule has 1 aromatic carbocycles. The lowest BCUT2D eigenvalue weighted by atomic mass is 9.95. The lowest BCUT2D eigenvalue weighted by molar-refractivity contribution is -0.000693. The van der Waals surface area contributed by atoms with E-state index in [0.717, 1.165) is 6.42 Å². The van der Waals surface area contributed by atoms with Crippen molar-refractivity contribution in [3.63, 3.8) is 0 Å². The summed E-state index contributed by atoms with van der Waals surface area (Å²) < 4.78 is 1.37. The average molecular weight is 385 g/mol. The van der Waals surface area contributed by atoms with Crippen LogP contribution in [0.4, 0.5) is 0 Å². The highest BCUT2D eigenvalue weighted by Gasteiger charge is 2.22. The summed E-state index contributed by atoms with van der Waals surface area (Å²) in [6.07, 6.45) is 3.63. The molecule has 2 aromatic rings. The van der Waals surface area contributed by atoms with Crippen LogP contribution in [0.1, 0.15) is 34.9 Å². The van der Waals surface area contributed by atoms with Crippen molar-refractivity contribution in [2.75, 3.05) is 0 Å². The molecule has 0 saturated heterocycles. The molecule has 0 bridgehead atoms. The van der Waals surface area contributed by atoms with Gasteiger partial charge in [0.15, 0.2) is 0 Å². The van der Waals surface area contributed by atoms with Gasteiger partial charge < -0.3 is 0 Å². The minimum Gasteiger partial charge on any atom is -0.296 e. The summed E-state index contributed by atoms with van der Waals surface area (Å²) in [5.41, 5.74) is 5.88. The fraction of sp³-hybridized carbons (Fsp3) is 0.333. The minimum atomic E-state index is 0.354. The van der Waals surface area contributed by atoms with Gasteiger partial charge in [-0.05, 0) is 59.0 Å². The Morgan fingerprint density at radius 2 is 2.16 bits per heavy atom. The lowest BCUT2D eigenvalue weighted by Crippen LogP contribution is -2.24. The van der Waals surface area contributed by atoms with Gasteiger partial charge >= 0.3 is 0 Å². The van der Waals surface area contributed by atoms with Gasteiger partial charge in [-0.25, -0.2) is 0 Å². The molecule has 1 aliphatic rings. The molecule has 0 saturated carbocycles. The topological polar surface area (TPSA) is 21.3 Å². The highest BCUT2D eigenvalue weighted by Crippen LogP contribution is 2.36. The number of benzene rings is 1. The van der Waals surface area contributed by atoms with Crippen molar-refractivity contribution in [2.45, 2.75) is 31.9 Å². The second-order valence-electron chi connectivity index (χ2n) is 4.77. The number of halogens is 1. The number of fused-ring (bicyclic) bond motifs is 1. The van der Waals surface area contributed by atoms with Gasteiger partial charge in [0.25, 0.3) is 0 Å². The number of rotatable bonds is 4. The zero-order chi connectivity index (χ0) is 13.1. The molecule has 0 radical (unpaired) electrons. The molecule has 0 aliphatic heterocycles. The first-order chi connectivity index (χ1) is 9.33. The Bertz CT molecular complexity index is 540. The molecule has 0 spiro atoms. The van der Waals surface area contributed by atoms with Crippen LogP contribution in [0.3, 0.4) is 0 Å². The van der Waals surface area contributed by atoms with Crippen LogP contribution < -0.4 is 5.48 Å². The summed E-state index contributed by atoms with van der Waals surface area (Å²) in [5, 5.41) is 0. The predicted octanol–water partition coefficient (Wildman–Crippen LogP) is 4.45. The molecule has 1 aliphatic carbocycles. The van der Waals surface area contributed by atoms with E-state index >= 15 is 0 Å². The van der Waals surface area contributed by atoms with Crippen molar-refractivity contribution in [2.24, 2.45) is 0 Å². The number of hydroxylamine groups is 1. The van der Waals surface area contributed by atoms with E-state index in [0.29, 0.717) is 12.6 Å². The molecule has 100 valence electrons. The Morgan fingerprint density at radius 3 is 3.00 bits per heavy atom. The Hall–Kier alpha value is -0.430. The van der Waals surface area contributed by atoms with Gasteiger partial charge in [-0.3, -0.25) is 4.84 Å². The average Bonchev–Trinajstić information content (AvgIpc) is 2.81. The summed E-state index contributed by atoms with van der Waals surface area (Å²) in [6.45, 7) is 0.619. The van der Waals surface area contributed by atoms with E-state index in [1.165, 1.54) is 31.7 Å². The SMILES string of the molecule is Ic1cc2c(s1)CCCC2NOCc1ccccc1. The first-order valence-corrected chi connectivity index (χ1v) is 8.42. The first kappa shape index (κ1) is 13.5. The number of thiophene rings is 1. The molecule has 19 heavy (non-hydrogen) atoms. The molecule has 3 rings (SSSR count). The van der Waals surface area contributed by atoms with Gasteiger partial charge in [0.1, 0.15) is 0 Å². The molecular formula is C15H16INOS. The van der Waals surface area contributed by atoms with Gasteiger partial charge in [-0.1, -0.05) is 30.3 Å². The van der Waals surface area contributed by atoms with Crippen LogP contribution >= 0.6 is 33.9 Å². The second-order valence-corrected chi connectivity index (χ2v) is 7.80. The number of hydrogen-bond donors (Lipinski definition) is 1. The molecular weight excluding hydrogens is 369 g/mol. The van der Waals surface area contributed by atoms with Crippen LogP contribution in [0.25, 0.3) is 0 Å². The van der Waals surface area contributed by atoms with Crippen LogP contribution in [0.2, 0.25) is 0 Å². The lowest BCUT2D eigenvalue weighted by Gasteiger charge is -2.23. The maximum Gasteiger partial charge on any atom is 0.0933 e. The second kappa shape index (κ2) is 6.35. The maximum absolute atomic E-state index is 5.68. The molecule has 1 atom stereocenters. The normalized spacial score (nSPS) is 18.3. The van der Waals surface area contributed by atoms with E-state index in [1.807, 2.05) is 29.5 Å². The van der Waals surface area contributed by atoms with E-state index in [1.54, 1.807) is 0 Å². The predicted molar refractivity (Wildman–Crippen MR) is 87.1 cm³/mol. The van der Waals surface area contributed by atoms with Gasteiger partial charge in [0.2, 0.25) is 0 Å². The highest BCUT2D eigenvalue weighted by atomic mass is 127. The molecule has 0 amide bonds. The zero-order valence-electron chi connectivity index (χ0n) is 10.6. The molecule has 1 unspecified atom stereocenters. The number of nitrogens with one attached hydrogen (secondary N) is 1. The molecule has 4 heteroatoms. The Balaban J connectivity index is 1.59. The van der Waals surface area contributed by atoms with Crippen molar-refractivity contribution in [3.05, 3.63) is 55.3 Å². The molecule has 1 N–H and O–H groups in total. The largest absolute Gasteiger partial charge is 0.296 e. The van der Waals surface area contributed by atoms with Gasteiger partial charge in [0.05, 0.1) is 15.5 Å².